The predicted octanol–water partition coefficient (Wildman–Crippen LogP) is 7.82. The first-order valence-electron chi connectivity index (χ1n) is 9.80. The summed E-state index contributed by atoms with van der Waals surface area (Å²) in [5.41, 5.74) is 15.1. The van der Waals surface area contributed by atoms with Crippen molar-refractivity contribution in [3.8, 4) is 11.1 Å². The van der Waals surface area contributed by atoms with Crippen LogP contribution in [0.15, 0.2) is 42.5 Å². The van der Waals surface area contributed by atoms with Gasteiger partial charge in [0.1, 0.15) is 0 Å². The first kappa shape index (κ1) is 21.0. The van der Waals surface area contributed by atoms with Crippen LogP contribution in [0.3, 0.4) is 0 Å². The molecular weight excluding hydrogens is 324 g/mol. The average molecular weight is 359 g/mol. The zero-order valence-corrected chi connectivity index (χ0v) is 18.5. The Bertz CT molecular complexity index is 908. The fraction of sp³-hybridized carbons (Fsp3) is 0.333. The molecule has 0 spiro atoms. The lowest BCUT2D eigenvalue weighted by Crippen LogP contribution is -1.91. The highest BCUT2D eigenvalue weighted by atomic mass is 14.1. The van der Waals surface area contributed by atoms with E-state index < -0.39 is 0 Å². The van der Waals surface area contributed by atoms with Crippen molar-refractivity contribution in [2.45, 2.75) is 62.3 Å². The molecule has 0 fully saturated rings. The maximum absolute atomic E-state index is 2.31. The van der Waals surface area contributed by atoms with Crippen molar-refractivity contribution in [1.29, 1.82) is 0 Å². The quantitative estimate of drug-likeness (QED) is 0.416. The maximum atomic E-state index is 2.31. The fourth-order valence-corrected chi connectivity index (χ4v) is 3.47. The van der Waals surface area contributed by atoms with Gasteiger partial charge < -0.3 is 0 Å². The van der Waals surface area contributed by atoms with Crippen molar-refractivity contribution in [3.63, 3.8) is 0 Å². The third-order valence-corrected chi connectivity index (χ3v) is 5.62. The molecule has 0 radical (unpaired) electrons. The van der Waals surface area contributed by atoms with E-state index in [9.17, 15) is 0 Å². The van der Waals surface area contributed by atoms with Crippen LogP contribution in [0.4, 0.5) is 0 Å². The molecule has 0 amide bonds. The average Bonchev–Trinajstić information content (AvgIpc) is 2.58. The smallest absolute Gasteiger partial charge is 0.0149 e. The molecule has 0 heterocycles. The van der Waals surface area contributed by atoms with Gasteiger partial charge in [0, 0.05) is 0 Å². The minimum atomic E-state index is 1.33. The highest BCUT2D eigenvalue weighted by molar-refractivity contribution is 5.72. The topological polar surface area (TPSA) is 0 Å². The molecule has 0 unspecified atom stereocenters. The van der Waals surface area contributed by atoms with Crippen molar-refractivity contribution in [1.82, 2.24) is 0 Å². The van der Waals surface area contributed by atoms with Crippen molar-refractivity contribution < 1.29 is 0 Å². The summed E-state index contributed by atoms with van der Waals surface area (Å²) >= 11 is 0. The highest BCUT2D eigenvalue weighted by Crippen LogP contribution is 2.29. The van der Waals surface area contributed by atoms with E-state index in [1.54, 1.807) is 0 Å². The predicted molar refractivity (Wildman–Crippen MR) is 121 cm³/mol. The Labute approximate surface area is 166 Å². The summed E-state index contributed by atoms with van der Waals surface area (Å²) < 4.78 is 0. The van der Waals surface area contributed by atoms with E-state index in [1.807, 2.05) is 0 Å². The van der Waals surface area contributed by atoms with E-state index >= 15 is 0 Å². The molecule has 0 heteroatoms. The van der Waals surface area contributed by atoms with E-state index in [0.717, 1.165) is 0 Å². The molecule has 0 nitrogen and oxygen atoms in total. The molecule has 0 N–H and O–H groups in total. The molecule has 27 heavy (non-hydrogen) atoms. The van der Waals surface area contributed by atoms with Gasteiger partial charge >= 0.3 is 0 Å². The second-order valence-electron chi connectivity index (χ2n) is 8.09. The van der Waals surface area contributed by atoms with Gasteiger partial charge in [0.2, 0.25) is 0 Å². The molecule has 0 aromatic heterocycles. The van der Waals surface area contributed by atoms with Crippen LogP contribution in [-0.4, -0.2) is 0 Å². The first-order valence-corrected chi connectivity index (χ1v) is 9.80. The summed E-state index contributed by atoms with van der Waals surface area (Å²) in [5.74, 6) is 0. The Morgan fingerprint density at radius 3 is 1.15 bits per heavy atom. The lowest BCUT2D eigenvalue weighted by Gasteiger charge is -2.13. The Morgan fingerprint density at radius 1 is 0.333 bits per heavy atom. The van der Waals surface area contributed by atoms with Crippen LogP contribution in [0.25, 0.3) is 11.1 Å². The Hall–Kier alpha value is -2.34. The van der Waals surface area contributed by atoms with Crippen LogP contribution in [0.1, 0.15) is 50.1 Å². The van der Waals surface area contributed by atoms with Gasteiger partial charge in [0.05, 0.1) is 0 Å². The lowest BCUT2D eigenvalue weighted by molar-refractivity contribution is 1.24. The summed E-state index contributed by atoms with van der Waals surface area (Å²) in [6.45, 7) is 19.5. The van der Waals surface area contributed by atoms with Gasteiger partial charge in [-0.2, -0.15) is 0 Å². The molecule has 142 valence electrons. The fourth-order valence-electron chi connectivity index (χ4n) is 3.47. The zero-order valence-electron chi connectivity index (χ0n) is 18.5. The number of aryl methyl sites for hydroxylation is 9. The number of hydrogen-bond donors (Lipinski definition) is 0. The lowest BCUT2D eigenvalue weighted by atomic mass is 9.92. The highest BCUT2D eigenvalue weighted by Gasteiger charge is 2.07. The molecule has 0 aliphatic heterocycles. The second-order valence-corrected chi connectivity index (χ2v) is 8.09. The molecule has 0 bridgehead atoms. The third kappa shape index (κ3) is 5.10. The molecule has 0 saturated heterocycles. The first-order chi connectivity index (χ1) is 12.6. The monoisotopic (exact) mass is 358 g/mol. The molecule has 3 aromatic rings. The third-order valence-electron chi connectivity index (χ3n) is 5.62. The summed E-state index contributed by atoms with van der Waals surface area (Å²) in [6.07, 6.45) is 0. The summed E-state index contributed by atoms with van der Waals surface area (Å²) in [6, 6.07) is 15.8. The molecule has 0 aliphatic rings. The van der Waals surface area contributed by atoms with E-state index in [4.69, 9.17) is 0 Å². The number of benzene rings is 3. The normalized spacial score (nSPS) is 10.4. The van der Waals surface area contributed by atoms with Gasteiger partial charge in [-0.1, -0.05) is 48.0 Å². The van der Waals surface area contributed by atoms with E-state index in [0.29, 0.717) is 0 Å². The molecule has 0 saturated carbocycles. The largest absolute Gasteiger partial charge is 0.0587 e. The minimum absolute atomic E-state index is 1.33. The molecule has 3 rings (SSSR count). The molecule has 0 atom stereocenters. The van der Waals surface area contributed by atoms with Crippen LogP contribution in [0, 0.1) is 62.3 Å². The van der Waals surface area contributed by atoms with Gasteiger partial charge in [-0.3, -0.25) is 0 Å². The standard InChI is InChI=1S/C17H20.C10H14/c1-11-6-7-16(14(4)8-11)17-10-13(3)12(2)9-15(17)5;1-7-5-9(3)10(4)6-8(7)2/h6-10H,1-5H3;5-6H,1-4H3. The number of rotatable bonds is 1. The van der Waals surface area contributed by atoms with Crippen LogP contribution in [0.5, 0.6) is 0 Å². The van der Waals surface area contributed by atoms with Gasteiger partial charge in [0.15, 0.2) is 0 Å². The summed E-state index contributed by atoms with van der Waals surface area (Å²) in [4.78, 5) is 0. The van der Waals surface area contributed by atoms with Gasteiger partial charge in [-0.25, -0.2) is 0 Å². The molecule has 0 aliphatic carbocycles. The minimum Gasteiger partial charge on any atom is -0.0587 e. The van der Waals surface area contributed by atoms with Crippen LogP contribution in [0.2, 0.25) is 0 Å². The van der Waals surface area contributed by atoms with Gasteiger partial charge in [0.25, 0.3) is 0 Å². The summed E-state index contributed by atoms with van der Waals surface area (Å²) in [5, 5.41) is 0. The maximum Gasteiger partial charge on any atom is -0.0149 e. The summed E-state index contributed by atoms with van der Waals surface area (Å²) in [7, 11) is 0. The van der Waals surface area contributed by atoms with Crippen LogP contribution in [-0.2, 0) is 0 Å². The number of hydrogen-bond acceptors (Lipinski definition) is 0. The Balaban J connectivity index is 0.000000223. The van der Waals surface area contributed by atoms with Gasteiger partial charge in [-0.05, 0) is 118 Å². The van der Waals surface area contributed by atoms with E-state index in [2.05, 4.69) is 105 Å². The molecule has 3 aromatic carbocycles. The zero-order chi connectivity index (χ0) is 20.3. The van der Waals surface area contributed by atoms with E-state index in [1.165, 1.54) is 61.2 Å². The van der Waals surface area contributed by atoms with Crippen molar-refractivity contribution >= 4 is 0 Å². The Morgan fingerprint density at radius 2 is 0.704 bits per heavy atom. The second kappa shape index (κ2) is 8.57. The van der Waals surface area contributed by atoms with Crippen LogP contribution < -0.4 is 0 Å². The van der Waals surface area contributed by atoms with Crippen molar-refractivity contribution in [3.05, 3.63) is 92.5 Å². The van der Waals surface area contributed by atoms with E-state index in [-0.39, 0.29) is 0 Å². The van der Waals surface area contributed by atoms with Crippen molar-refractivity contribution in [2.24, 2.45) is 0 Å². The molecular formula is C27H34. The van der Waals surface area contributed by atoms with Crippen LogP contribution >= 0.6 is 0 Å². The Kier molecular flexibility index (Phi) is 6.65. The SMILES string of the molecule is Cc1cc(C)c(C)cc1C.Cc1ccc(-c2cc(C)c(C)cc2C)c(C)c1. The van der Waals surface area contributed by atoms with Crippen molar-refractivity contribution in [2.75, 3.05) is 0 Å². The van der Waals surface area contributed by atoms with Gasteiger partial charge in [-0.15, -0.1) is 0 Å².